The average molecular weight is 302 g/mol. The number of hydrogen-bond acceptors (Lipinski definition) is 4. The molecule has 0 bridgehead atoms. The van der Waals surface area contributed by atoms with Crippen molar-refractivity contribution in [1.29, 1.82) is 0 Å². The van der Waals surface area contributed by atoms with Crippen molar-refractivity contribution in [3.63, 3.8) is 0 Å². The molecule has 1 atom stereocenters. The van der Waals surface area contributed by atoms with E-state index in [-0.39, 0.29) is 24.0 Å². The van der Waals surface area contributed by atoms with Gasteiger partial charge in [-0.15, -0.1) is 0 Å². The van der Waals surface area contributed by atoms with Crippen LogP contribution in [0.15, 0.2) is 18.2 Å². The summed E-state index contributed by atoms with van der Waals surface area (Å²) in [6.45, 7) is 4.58. The van der Waals surface area contributed by atoms with Crippen molar-refractivity contribution in [1.82, 2.24) is 10.3 Å². The molecule has 2 N–H and O–H groups in total. The fourth-order valence-corrected chi connectivity index (χ4v) is 1.32. The number of nitrogens with one attached hydrogen (secondary N) is 1. The number of nitrogens with zero attached hydrogens (tertiary/aromatic N) is 1. The Bertz CT molecular complexity index is 479. The molecule has 1 heterocycles. The van der Waals surface area contributed by atoms with Crippen LogP contribution in [-0.2, 0) is 0 Å². The van der Waals surface area contributed by atoms with Crippen molar-refractivity contribution in [2.24, 2.45) is 5.92 Å². The van der Waals surface area contributed by atoms with Gasteiger partial charge in [-0.25, -0.2) is 13.8 Å². The van der Waals surface area contributed by atoms with E-state index >= 15 is 0 Å². The van der Waals surface area contributed by atoms with Gasteiger partial charge in [-0.1, -0.05) is 19.9 Å². The number of aromatic nitrogens is 1. The lowest BCUT2D eigenvalue weighted by atomic mass is 9.92. The van der Waals surface area contributed by atoms with Gasteiger partial charge in [-0.3, -0.25) is 4.79 Å². The first-order chi connectivity index (χ1) is 9.72. The summed E-state index contributed by atoms with van der Waals surface area (Å²) in [7, 11) is 0. The third kappa shape index (κ3) is 5.63. The minimum Gasteiger partial charge on any atom is -0.472 e. The SMILES string of the molecule is CC(C)C(C)(O)CNC(=O)c1cccc(OCC(F)F)n1. The van der Waals surface area contributed by atoms with Gasteiger partial charge in [0.1, 0.15) is 5.69 Å². The highest BCUT2D eigenvalue weighted by Gasteiger charge is 2.25. The molecular weight excluding hydrogens is 282 g/mol. The molecule has 0 aromatic carbocycles. The van der Waals surface area contributed by atoms with Crippen LogP contribution in [0.4, 0.5) is 8.78 Å². The van der Waals surface area contributed by atoms with Crippen molar-refractivity contribution in [3.8, 4) is 5.88 Å². The lowest BCUT2D eigenvalue weighted by Crippen LogP contribution is -2.44. The first kappa shape index (κ1) is 17.3. The van der Waals surface area contributed by atoms with Gasteiger partial charge in [-0.05, 0) is 18.9 Å². The van der Waals surface area contributed by atoms with E-state index in [1.807, 2.05) is 13.8 Å². The van der Waals surface area contributed by atoms with Crippen LogP contribution in [0.3, 0.4) is 0 Å². The molecule has 1 aromatic rings. The van der Waals surface area contributed by atoms with Crippen LogP contribution in [0.2, 0.25) is 0 Å². The molecule has 1 aromatic heterocycles. The van der Waals surface area contributed by atoms with Gasteiger partial charge >= 0.3 is 0 Å². The van der Waals surface area contributed by atoms with Gasteiger partial charge in [0, 0.05) is 12.6 Å². The molecule has 1 amide bonds. The number of ether oxygens (including phenoxy) is 1. The summed E-state index contributed by atoms with van der Waals surface area (Å²) >= 11 is 0. The van der Waals surface area contributed by atoms with E-state index in [2.05, 4.69) is 10.3 Å². The smallest absolute Gasteiger partial charge is 0.272 e. The van der Waals surface area contributed by atoms with Gasteiger partial charge in [0.2, 0.25) is 5.88 Å². The van der Waals surface area contributed by atoms with E-state index in [1.165, 1.54) is 18.2 Å². The van der Waals surface area contributed by atoms with E-state index in [9.17, 15) is 18.7 Å². The zero-order chi connectivity index (χ0) is 16.0. The summed E-state index contributed by atoms with van der Waals surface area (Å²) in [5, 5.41) is 12.6. The maximum atomic E-state index is 12.0. The number of hydrogen-bond donors (Lipinski definition) is 2. The molecule has 7 heteroatoms. The van der Waals surface area contributed by atoms with Crippen molar-refractivity contribution < 1.29 is 23.4 Å². The van der Waals surface area contributed by atoms with E-state index in [0.717, 1.165) is 0 Å². The zero-order valence-corrected chi connectivity index (χ0v) is 12.3. The maximum absolute atomic E-state index is 12.0. The van der Waals surface area contributed by atoms with E-state index in [1.54, 1.807) is 6.92 Å². The van der Waals surface area contributed by atoms with Crippen LogP contribution in [0.1, 0.15) is 31.3 Å². The average Bonchev–Trinajstić information content (AvgIpc) is 2.42. The molecule has 0 aliphatic heterocycles. The van der Waals surface area contributed by atoms with E-state index in [0.29, 0.717) is 0 Å². The second-order valence-electron chi connectivity index (χ2n) is 5.26. The normalized spacial score (nSPS) is 14.1. The Kier molecular flexibility index (Phi) is 6.02. The molecule has 0 aliphatic rings. The number of carbonyl (C=O) groups excluding carboxylic acids is 1. The predicted octanol–water partition coefficient (Wildman–Crippen LogP) is 1.86. The van der Waals surface area contributed by atoms with Gasteiger partial charge < -0.3 is 15.2 Å². The lowest BCUT2D eigenvalue weighted by Gasteiger charge is -2.27. The molecule has 0 aliphatic carbocycles. The van der Waals surface area contributed by atoms with Gasteiger partial charge in [-0.2, -0.15) is 0 Å². The topological polar surface area (TPSA) is 71.5 Å². The summed E-state index contributed by atoms with van der Waals surface area (Å²) in [4.78, 5) is 15.8. The zero-order valence-electron chi connectivity index (χ0n) is 12.3. The lowest BCUT2D eigenvalue weighted by molar-refractivity contribution is 0.0141. The number of pyridine rings is 1. The second kappa shape index (κ2) is 7.31. The number of aliphatic hydroxyl groups is 1. The molecule has 0 saturated heterocycles. The summed E-state index contributed by atoms with van der Waals surface area (Å²) in [5.41, 5.74) is -0.999. The van der Waals surface area contributed by atoms with Gasteiger partial charge in [0.15, 0.2) is 6.61 Å². The molecule has 0 saturated carbocycles. The van der Waals surface area contributed by atoms with Crippen LogP contribution in [0.25, 0.3) is 0 Å². The van der Waals surface area contributed by atoms with Crippen molar-refractivity contribution in [3.05, 3.63) is 23.9 Å². The number of rotatable bonds is 7. The summed E-state index contributed by atoms with van der Waals surface area (Å²) in [6.07, 6.45) is -2.61. The van der Waals surface area contributed by atoms with Crippen molar-refractivity contribution in [2.75, 3.05) is 13.2 Å². The predicted molar refractivity (Wildman–Crippen MR) is 73.5 cm³/mol. The highest BCUT2D eigenvalue weighted by Crippen LogP contribution is 2.15. The second-order valence-corrected chi connectivity index (χ2v) is 5.26. The van der Waals surface area contributed by atoms with Crippen LogP contribution >= 0.6 is 0 Å². The molecule has 118 valence electrons. The number of carbonyl (C=O) groups is 1. The summed E-state index contributed by atoms with van der Waals surface area (Å²) in [5.74, 6) is -0.580. The van der Waals surface area contributed by atoms with Crippen molar-refractivity contribution in [2.45, 2.75) is 32.8 Å². The molecule has 0 radical (unpaired) electrons. The molecular formula is C14H20F2N2O3. The first-order valence-corrected chi connectivity index (χ1v) is 6.61. The van der Waals surface area contributed by atoms with Crippen molar-refractivity contribution >= 4 is 5.91 Å². The third-order valence-corrected chi connectivity index (χ3v) is 3.16. The van der Waals surface area contributed by atoms with Gasteiger partial charge in [0.05, 0.1) is 5.60 Å². The molecule has 21 heavy (non-hydrogen) atoms. The Labute approximate surface area is 122 Å². The molecule has 0 fully saturated rings. The van der Waals surface area contributed by atoms with E-state index in [4.69, 9.17) is 4.74 Å². The fourth-order valence-electron chi connectivity index (χ4n) is 1.32. The Morgan fingerprint density at radius 2 is 2.14 bits per heavy atom. The van der Waals surface area contributed by atoms with Crippen LogP contribution < -0.4 is 10.1 Å². The first-order valence-electron chi connectivity index (χ1n) is 6.61. The number of amides is 1. The third-order valence-electron chi connectivity index (χ3n) is 3.16. The number of alkyl halides is 2. The highest BCUT2D eigenvalue weighted by molar-refractivity contribution is 5.92. The maximum Gasteiger partial charge on any atom is 0.272 e. The standard InChI is InChI=1S/C14H20F2N2O3/c1-9(2)14(3,20)8-17-13(19)10-5-4-6-12(18-10)21-7-11(15)16/h4-6,9,11,20H,7-8H2,1-3H3,(H,17,19). The van der Waals surface area contributed by atoms with Gasteiger partial charge in [0.25, 0.3) is 12.3 Å². The Morgan fingerprint density at radius 3 is 2.71 bits per heavy atom. The molecule has 1 rings (SSSR count). The Hall–Kier alpha value is -1.76. The Balaban J connectivity index is 2.64. The quantitative estimate of drug-likeness (QED) is 0.806. The molecule has 5 nitrogen and oxygen atoms in total. The monoisotopic (exact) mass is 302 g/mol. The van der Waals surface area contributed by atoms with Crippen LogP contribution in [-0.4, -0.2) is 41.2 Å². The minimum atomic E-state index is -2.61. The van der Waals surface area contributed by atoms with Crippen LogP contribution in [0, 0.1) is 5.92 Å². The fraction of sp³-hybridized carbons (Fsp3) is 0.571. The number of halogens is 2. The molecule has 1 unspecified atom stereocenters. The van der Waals surface area contributed by atoms with E-state index < -0.39 is 24.5 Å². The summed E-state index contributed by atoms with van der Waals surface area (Å²) in [6, 6.07) is 4.32. The minimum absolute atomic E-state index is 0.0357. The molecule has 0 spiro atoms. The Morgan fingerprint density at radius 1 is 1.48 bits per heavy atom. The van der Waals surface area contributed by atoms with Crippen LogP contribution in [0.5, 0.6) is 5.88 Å². The highest BCUT2D eigenvalue weighted by atomic mass is 19.3. The summed E-state index contributed by atoms with van der Waals surface area (Å²) < 4.78 is 28.8. The largest absolute Gasteiger partial charge is 0.472 e.